The molecule has 0 spiro atoms. The molecule has 0 aromatic heterocycles. The van der Waals surface area contributed by atoms with Crippen molar-refractivity contribution < 1.29 is 8.42 Å². The van der Waals surface area contributed by atoms with Gasteiger partial charge in [-0.15, -0.1) is 0 Å². The highest BCUT2D eigenvalue weighted by atomic mass is 32.2. The normalized spacial score (nSPS) is 13.3. The third-order valence-electron chi connectivity index (χ3n) is 4.44. The largest absolute Gasteiger partial charge is 0.345 e. The number of nitrogens with zero attached hydrogens (tertiary/aromatic N) is 4. The second-order valence-corrected chi connectivity index (χ2v) is 8.03. The van der Waals surface area contributed by atoms with E-state index in [9.17, 15) is 8.42 Å². The van der Waals surface area contributed by atoms with Gasteiger partial charge in [-0.25, -0.2) is 8.42 Å². The first kappa shape index (κ1) is 19.1. The molecule has 2 aromatic rings. The summed E-state index contributed by atoms with van der Waals surface area (Å²) in [6.45, 7) is 0.738. The van der Waals surface area contributed by atoms with Crippen LogP contribution in [0.1, 0.15) is 11.1 Å². The number of sulfonamides is 1. The average Bonchev–Trinajstić information content (AvgIpc) is 2.73. The lowest BCUT2D eigenvalue weighted by atomic mass is 10.0. The van der Waals surface area contributed by atoms with Crippen LogP contribution in [0.5, 0.6) is 0 Å². The second kappa shape index (κ2) is 7.94. The summed E-state index contributed by atoms with van der Waals surface area (Å²) >= 11 is 0. The molecule has 3 rings (SSSR count). The average molecular weight is 389 g/mol. The standard InChI is InChI=1S/C20H15N5O2S/c21-11-17(12-22)20(13-23)24-18-5-7-19(8-6-18)28(26,27)25-10-9-15-3-1-2-4-16(15)14-25/h1-8,24H,9-10,14H2. The van der Waals surface area contributed by atoms with E-state index in [1.165, 1.54) is 28.6 Å². The smallest absolute Gasteiger partial charge is 0.243 e. The summed E-state index contributed by atoms with van der Waals surface area (Å²) in [6.07, 6.45) is 0.663. The van der Waals surface area contributed by atoms with Gasteiger partial charge in [-0.2, -0.15) is 20.1 Å². The number of anilines is 1. The van der Waals surface area contributed by atoms with Crippen LogP contribution in [0.15, 0.2) is 64.7 Å². The van der Waals surface area contributed by atoms with Crippen LogP contribution in [0.25, 0.3) is 0 Å². The van der Waals surface area contributed by atoms with E-state index in [0.717, 1.165) is 11.1 Å². The Morgan fingerprint density at radius 1 is 0.929 bits per heavy atom. The van der Waals surface area contributed by atoms with Crippen molar-refractivity contribution in [3.05, 3.63) is 70.9 Å². The summed E-state index contributed by atoms with van der Waals surface area (Å²) in [5.74, 6) is 0. The number of allylic oxidation sites excluding steroid dienone is 2. The lowest BCUT2D eigenvalue weighted by molar-refractivity contribution is 0.391. The maximum atomic E-state index is 12.9. The fraction of sp³-hybridized carbons (Fsp3) is 0.150. The summed E-state index contributed by atoms with van der Waals surface area (Å²) in [6, 6.07) is 18.7. The van der Waals surface area contributed by atoms with Crippen molar-refractivity contribution >= 4 is 15.7 Å². The highest BCUT2D eigenvalue weighted by molar-refractivity contribution is 7.89. The van der Waals surface area contributed by atoms with Crippen LogP contribution in [-0.2, 0) is 23.0 Å². The van der Waals surface area contributed by atoms with Crippen molar-refractivity contribution in [1.82, 2.24) is 4.31 Å². The van der Waals surface area contributed by atoms with Gasteiger partial charge in [-0.05, 0) is 41.8 Å². The van der Waals surface area contributed by atoms with E-state index in [-0.39, 0.29) is 16.2 Å². The molecule has 0 fully saturated rings. The lowest BCUT2D eigenvalue weighted by Gasteiger charge is -2.28. The topological polar surface area (TPSA) is 121 Å². The molecular formula is C20H15N5O2S. The van der Waals surface area contributed by atoms with E-state index in [1.54, 1.807) is 18.2 Å². The minimum absolute atomic E-state index is 0.140. The first-order valence-corrected chi connectivity index (χ1v) is 9.82. The Hall–Kier alpha value is -3.64. The Balaban J connectivity index is 1.82. The van der Waals surface area contributed by atoms with Gasteiger partial charge in [0.15, 0.2) is 5.57 Å². The van der Waals surface area contributed by atoms with Gasteiger partial charge < -0.3 is 5.32 Å². The van der Waals surface area contributed by atoms with Crippen LogP contribution in [0, 0.1) is 34.0 Å². The van der Waals surface area contributed by atoms with Gasteiger partial charge in [0.2, 0.25) is 10.0 Å². The van der Waals surface area contributed by atoms with Crippen LogP contribution in [-0.4, -0.2) is 19.3 Å². The number of rotatable bonds is 4. The maximum absolute atomic E-state index is 12.9. The van der Waals surface area contributed by atoms with Gasteiger partial charge in [0, 0.05) is 18.8 Å². The van der Waals surface area contributed by atoms with Gasteiger partial charge in [-0.3, -0.25) is 0 Å². The molecule has 8 heteroatoms. The monoisotopic (exact) mass is 389 g/mol. The molecule has 7 nitrogen and oxygen atoms in total. The Morgan fingerprint density at radius 3 is 2.18 bits per heavy atom. The number of hydrogen-bond acceptors (Lipinski definition) is 6. The number of fused-ring (bicyclic) bond motifs is 1. The summed E-state index contributed by atoms with van der Waals surface area (Å²) < 4.78 is 27.3. The summed E-state index contributed by atoms with van der Waals surface area (Å²) in [7, 11) is -3.66. The molecule has 0 radical (unpaired) electrons. The van der Waals surface area contributed by atoms with Crippen molar-refractivity contribution in [3.63, 3.8) is 0 Å². The molecule has 1 aliphatic heterocycles. The van der Waals surface area contributed by atoms with Gasteiger partial charge in [-0.1, -0.05) is 24.3 Å². The summed E-state index contributed by atoms with van der Waals surface area (Å²) in [5, 5.41) is 29.5. The molecule has 0 amide bonds. The zero-order chi connectivity index (χ0) is 20.1. The van der Waals surface area contributed by atoms with Gasteiger partial charge in [0.1, 0.15) is 23.9 Å². The number of nitrogens with one attached hydrogen (secondary N) is 1. The van der Waals surface area contributed by atoms with E-state index in [2.05, 4.69) is 5.32 Å². The predicted molar refractivity (Wildman–Crippen MR) is 102 cm³/mol. The summed E-state index contributed by atoms with van der Waals surface area (Å²) in [5.41, 5.74) is 2.04. The molecular weight excluding hydrogens is 374 g/mol. The zero-order valence-corrected chi connectivity index (χ0v) is 15.6. The van der Waals surface area contributed by atoms with Crippen molar-refractivity contribution in [2.24, 2.45) is 0 Å². The molecule has 0 atom stereocenters. The first-order valence-electron chi connectivity index (χ1n) is 8.38. The van der Waals surface area contributed by atoms with Crippen LogP contribution in [0.4, 0.5) is 5.69 Å². The SMILES string of the molecule is N#CC(C#N)=C(C#N)Nc1ccc(S(=O)(=O)N2CCc3ccccc3C2)cc1. The fourth-order valence-electron chi connectivity index (χ4n) is 2.96. The molecule has 0 unspecified atom stereocenters. The van der Waals surface area contributed by atoms with Crippen molar-refractivity contribution in [2.45, 2.75) is 17.9 Å². The van der Waals surface area contributed by atoms with Crippen molar-refractivity contribution in [3.8, 4) is 18.2 Å². The molecule has 1 heterocycles. The van der Waals surface area contributed by atoms with Crippen LogP contribution < -0.4 is 5.32 Å². The third kappa shape index (κ3) is 3.72. The van der Waals surface area contributed by atoms with Crippen LogP contribution in [0.2, 0.25) is 0 Å². The minimum Gasteiger partial charge on any atom is -0.345 e. The van der Waals surface area contributed by atoms with Gasteiger partial charge in [0.25, 0.3) is 0 Å². The maximum Gasteiger partial charge on any atom is 0.243 e. The highest BCUT2D eigenvalue weighted by Gasteiger charge is 2.28. The second-order valence-electron chi connectivity index (χ2n) is 6.09. The predicted octanol–water partition coefficient (Wildman–Crippen LogP) is 2.67. The molecule has 1 aliphatic rings. The van der Waals surface area contributed by atoms with E-state index in [4.69, 9.17) is 15.8 Å². The van der Waals surface area contributed by atoms with Crippen LogP contribution >= 0.6 is 0 Å². The quantitative estimate of drug-likeness (QED) is 0.803. The molecule has 2 aromatic carbocycles. The molecule has 138 valence electrons. The van der Waals surface area contributed by atoms with E-state index in [1.807, 2.05) is 24.3 Å². The van der Waals surface area contributed by atoms with E-state index >= 15 is 0 Å². The van der Waals surface area contributed by atoms with Crippen molar-refractivity contribution in [1.29, 1.82) is 15.8 Å². The highest BCUT2D eigenvalue weighted by Crippen LogP contribution is 2.26. The summed E-state index contributed by atoms with van der Waals surface area (Å²) in [4.78, 5) is 0.140. The van der Waals surface area contributed by atoms with Crippen LogP contribution in [0.3, 0.4) is 0 Å². The Morgan fingerprint density at radius 2 is 1.57 bits per heavy atom. The Labute approximate surface area is 163 Å². The number of hydrogen-bond donors (Lipinski definition) is 1. The Bertz CT molecular complexity index is 1150. The molecule has 0 aliphatic carbocycles. The molecule has 0 saturated carbocycles. The molecule has 28 heavy (non-hydrogen) atoms. The van der Waals surface area contributed by atoms with E-state index in [0.29, 0.717) is 25.2 Å². The molecule has 1 N–H and O–H groups in total. The molecule has 0 bridgehead atoms. The number of benzene rings is 2. The Kier molecular flexibility index (Phi) is 5.42. The fourth-order valence-corrected chi connectivity index (χ4v) is 4.38. The molecule has 0 saturated heterocycles. The van der Waals surface area contributed by atoms with Gasteiger partial charge in [0.05, 0.1) is 4.90 Å². The third-order valence-corrected chi connectivity index (χ3v) is 6.30. The lowest BCUT2D eigenvalue weighted by Crippen LogP contribution is -2.35. The van der Waals surface area contributed by atoms with Gasteiger partial charge >= 0.3 is 0 Å². The van der Waals surface area contributed by atoms with E-state index < -0.39 is 10.0 Å². The first-order chi connectivity index (χ1) is 13.5. The van der Waals surface area contributed by atoms with Crippen molar-refractivity contribution in [2.75, 3.05) is 11.9 Å². The number of nitriles is 3. The zero-order valence-electron chi connectivity index (χ0n) is 14.8. The minimum atomic E-state index is -3.66.